The van der Waals surface area contributed by atoms with E-state index in [-0.39, 0.29) is 0 Å². The summed E-state index contributed by atoms with van der Waals surface area (Å²) < 4.78 is 0. The van der Waals surface area contributed by atoms with Gasteiger partial charge in [0.05, 0.1) is 16.9 Å². The summed E-state index contributed by atoms with van der Waals surface area (Å²) in [5.74, 6) is 0. The molecule has 0 radical (unpaired) electrons. The standard InChI is InChI=1S/C25H31N3/c1-26(2)23-19-13-18-22(24(23)27(3)4)25(28(5)6,20-14-9-7-10-15-20)21-16-11-8-12-17-21/h7-19H,1-6H3. The monoisotopic (exact) mass is 373 g/mol. The molecule has 28 heavy (non-hydrogen) atoms. The highest BCUT2D eigenvalue weighted by Crippen LogP contribution is 2.47. The van der Waals surface area contributed by atoms with Crippen molar-refractivity contribution < 1.29 is 0 Å². The molecule has 0 aliphatic heterocycles. The van der Waals surface area contributed by atoms with Crippen LogP contribution in [0.1, 0.15) is 16.7 Å². The molecule has 0 unspecified atom stereocenters. The lowest BCUT2D eigenvalue weighted by Crippen LogP contribution is -2.44. The van der Waals surface area contributed by atoms with Crippen molar-refractivity contribution in [1.29, 1.82) is 0 Å². The third kappa shape index (κ3) is 3.27. The van der Waals surface area contributed by atoms with Gasteiger partial charge in [-0.1, -0.05) is 72.8 Å². The molecule has 0 saturated carbocycles. The van der Waals surface area contributed by atoms with E-state index >= 15 is 0 Å². The van der Waals surface area contributed by atoms with Gasteiger partial charge in [0.1, 0.15) is 0 Å². The lowest BCUT2D eigenvalue weighted by molar-refractivity contribution is 0.248. The van der Waals surface area contributed by atoms with Crippen LogP contribution in [0.25, 0.3) is 0 Å². The fraction of sp³-hybridized carbons (Fsp3) is 0.280. The minimum Gasteiger partial charge on any atom is -0.376 e. The van der Waals surface area contributed by atoms with Gasteiger partial charge in [0.2, 0.25) is 0 Å². The number of rotatable bonds is 6. The topological polar surface area (TPSA) is 9.72 Å². The molecule has 0 aromatic heterocycles. The van der Waals surface area contributed by atoms with E-state index < -0.39 is 5.54 Å². The molecule has 0 aliphatic rings. The lowest BCUT2D eigenvalue weighted by Gasteiger charge is -2.44. The molecular weight excluding hydrogens is 342 g/mol. The molecule has 0 bridgehead atoms. The molecule has 0 atom stereocenters. The molecule has 0 N–H and O–H groups in total. The van der Waals surface area contributed by atoms with E-state index in [2.05, 4.69) is 136 Å². The van der Waals surface area contributed by atoms with Crippen LogP contribution in [-0.4, -0.2) is 47.2 Å². The van der Waals surface area contributed by atoms with Gasteiger partial charge in [0.25, 0.3) is 0 Å². The fourth-order valence-corrected chi connectivity index (χ4v) is 4.25. The van der Waals surface area contributed by atoms with Gasteiger partial charge >= 0.3 is 0 Å². The van der Waals surface area contributed by atoms with Crippen LogP contribution >= 0.6 is 0 Å². The highest BCUT2D eigenvalue weighted by molar-refractivity contribution is 5.77. The molecule has 3 aromatic carbocycles. The van der Waals surface area contributed by atoms with E-state index in [1.165, 1.54) is 28.1 Å². The van der Waals surface area contributed by atoms with E-state index in [1.807, 2.05) is 0 Å². The number of benzene rings is 3. The van der Waals surface area contributed by atoms with Gasteiger partial charge in [-0.15, -0.1) is 0 Å². The van der Waals surface area contributed by atoms with Crippen molar-refractivity contribution in [2.45, 2.75) is 5.54 Å². The predicted molar refractivity (Wildman–Crippen MR) is 122 cm³/mol. The summed E-state index contributed by atoms with van der Waals surface area (Å²) in [7, 11) is 12.8. The fourth-order valence-electron chi connectivity index (χ4n) is 4.25. The third-order valence-electron chi connectivity index (χ3n) is 5.39. The molecule has 3 rings (SSSR count). The van der Waals surface area contributed by atoms with Crippen LogP contribution in [0.15, 0.2) is 78.9 Å². The van der Waals surface area contributed by atoms with Crippen LogP contribution in [0.2, 0.25) is 0 Å². The lowest BCUT2D eigenvalue weighted by atomic mass is 9.75. The van der Waals surface area contributed by atoms with Crippen molar-refractivity contribution >= 4 is 11.4 Å². The first-order valence-corrected chi connectivity index (χ1v) is 9.67. The van der Waals surface area contributed by atoms with Crippen LogP contribution in [0.4, 0.5) is 11.4 Å². The average Bonchev–Trinajstić information content (AvgIpc) is 2.69. The van der Waals surface area contributed by atoms with Crippen LogP contribution < -0.4 is 9.80 Å². The van der Waals surface area contributed by atoms with E-state index in [4.69, 9.17) is 0 Å². The summed E-state index contributed by atoms with van der Waals surface area (Å²) >= 11 is 0. The Labute approximate surface area is 169 Å². The van der Waals surface area contributed by atoms with Gasteiger partial charge in [-0.25, -0.2) is 0 Å². The summed E-state index contributed by atoms with van der Waals surface area (Å²) in [6, 6.07) is 28.2. The Morgan fingerprint density at radius 3 is 1.43 bits per heavy atom. The zero-order valence-electron chi connectivity index (χ0n) is 17.8. The smallest absolute Gasteiger partial charge is 0.0988 e. The summed E-state index contributed by atoms with van der Waals surface area (Å²) in [5.41, 5.74) is 5.81. The maximum atomic E-state index is 2.33. The first-order valence-electron chi connectivity index (χ1n) is 9.67. The van der Waals surface area contributed by atoms with Gasteiger partial charge in [-0.05, 0) is 31.3 Å². The second kappa shape index (κ2) is 8.07. The van der Waals surface area contributed by atoms with Crippen molar-refractivity contribution in [1.82, 2.24) is 4.90 Å². The van der Waals surface area contributed by atoms with Crippen molar-refractivity contribution in [3.8, 4) is 0 Å². The average molecular weight is 374 g/mol. The summed E-state index contributed by atoms with van der Waals surface area (Å²) in [5, 5.41) is 0. The quantitative estimate of drug-likeness (QED) is 0.581. The molecule has 0 fully saturated rings. The Morgan fingerprint density at radius 1 is 0.536 bits per heavy atom. The Morgan fingerprint density at radius 2 is 1.04 bits per heavy atom. The van der Waals surface area contributed by atoms with Gasteiger partial charge in [0.15, 0.2) is 0 Å². The summed E-state index contributed by atoms with van der Waals surface area (Å²) in [6.45, 7) is 0. The molecule has 146 valence electrons. The Balaban J connectivity index is 2.48. The highest BCUT2D eigenvalue weighted by Gasteiger charge is 2.41. The van der Waals surface area contributed by atoms with Gasteiger partial charge < -0.3 is 9.80 Å². The maximum absolute atomic E-state index is 2.33. The van der Waals surface area contributed by atoms with Crippen LogP contribution in [0.5, 0.6) is 0 Å². The Hall–Kier alpha value is -2.78. The minimum absolute atomic E-state index is 0.409. The first kappa shape index (κ1) is 20.0. The third-order valence-corrected chi connectivity index (χ3v) is 5.39. The van der Waals surface area contributed by atoms with Crippen molar-refractivity contribution in [2.24, 2.45) is 0 Å². The van der Waals surface area contributed by atoms with E-state index in [1.54, 1.807) is 0 Å². The molecular formula is C25H31N3. The van der Waals surface area contributed by atoms with E-state index in [0.717, 1.165) is 0 Å². The maximum Gasteiger partial charge on any atom is 0.0988 e. The number of hydrogen-bond donors (Lipinski definition) is 0. The summed E-state index contributed by atoms with van der Waals surface area (Å²) in [4.78, 5) is 6.75. The first-order chi connectivity index (χ1) is 13.4. The van der Waals surface area contributed by atoms with Gasteiger partial charge in [-0.2, -0.15) is 0 Å². The SMILES string of the molecule is CN(C)c1cccc(C(c2ccccc2)(c2ccccc2)N(C)C)c1N(C)C. The number of anilines is 2. The second-order valence-electron chi connectivity index (χ2n) is 7.80. The van der Waals surface area contributed by atoms with E-state index in [9.17, 15) is 0 Å². The minimum atomic E-state index is -0.409. The Kier molecular flexibility index (Phi) is 5.76. The second-order valence-corrected chi connectivity index (χ2v) is 7.80. The number of nitrogens with zero attached hydrogens (tertiary/aromatic N) is 3. The van der Waals surface area contributed by atoms with Crippen LogP contribution in [-0.2, 0) is 5.54 Å². The van der Waals surface area contributed by atoms with Crippen LogP contribution in [0, 0.1) is 0 Å². The van der Waals surface area contributed by atoms with Crippen molar-refractivity contribution in [2.75, 3.05) is 52.1 Å². The van der Waals surface area contributed by atoms with Crippen molar-refractivity contribution in [3.05, 3.63) is 95.6 Å². The molecule has 0 aliphatic carbocycles. The molecule has 0 heterocycles. The highest BCUT2D eigenvalue weighted by atomic mass is 15.2. The van der Waals surface area contributed by atoms with Crippen LogP contribution in [0.3, 0.4) is 0 Å². The molecule has 0 amide bonds. The summed E-state index contributed by atoms with van der Waals surface area (Å²) in [6.07, 6.45) is 0. The van der Waals surface area contributed by atoms with Crippen molar-refractivity contribution in [3.63, 3.8) is 0 Å². The van der Waals surface area contributed by atoms with Gasteiger partial charge in [0, 0.05) is 33.8 Å². The zero-order chi connectivity index (χ0) is 20.3. The Bertz CT molecular complexity index is 860. The zero-order valence-corrected chi connectivity index (χ0v) is 17.8. The molecule has 3 heteroatoms. The largest absolute Gasteiger partial charge is 0.376 e. The van der Waals surface area contributed by atoms with E-state index in [0.29, 0.717) is 0 Å². The number of para-hydroxylation sites is 1. The normalized spacial score (nSPS) is 11.5. The molecule has 0 saturated heterocycles. The predicted octanol–water partition coefficient (Wildman–Crippen LogP) is 4.67. The molecule has 0 spiro atoms. The van der Waals surface area contributed by atoms with Gasteiger partial charge in [-0.3, -0.25) is 4.90 Å². The molecule has 3 aromatic rings. The number of hydrogen-bond acceptors (Lipinski definition) is 3. The molecule has 3 nitrogen and oxygen atoms in total.